The van der Waals surface area contributed by atoms with E-state index in [-0.39, 0.29) is 5.91 Å². The van der Waals surface area contributed by atoms with Crippen LogP contribution in [-0.4, -0.2) is 18.0 Å². The number of carbonyl (C=O) groups is 1. The molecule has 1 aromatic heterocycles. The number of methoxy groups -OCH3 is 1. The number of aryl methyl sites for hydroxylation is 1. The topological polar surface area (TPSA) is 63.2 Å². The van der Waals surface area contributed by atoms with Gasteiger partial charge in [0.05, 0.1) is 7.11 Å². The molecule has 0 bridgehead atoms. The molecule has 5 nitrogen and oxygen atoms in total. The van der Waals surface area contributed by atoms with Gasteiger partial charge in [-0.1, -0.05) is 19.1 Å². The van der Waals surface area contributed by atoms with E-state index in [0.29, 0.717) is 5.69 Å². The van der Waals surface area contributed by atoms with E-state index in [9.17, 15) is 4.79 Å². The molecule has 0 fully saturated rings. The van der Waals surface area contributed by atoms with E-state index in [1.165, 1.54) is 5.56 Å². The van der Waals surface area contributed by atoms with Crippen LogP contribution in [-0.2, 0) is 6.42 Å². The molecule has 0 spiro atoms. The third kappa shape index (κ3) is 4.39. The van der Waals surface area contributed by atoms with E-state index in [4.69, 9.17) is 4.74 Å². The van der Waals surface area contributed by atoms with E-state index in [2.05, 4.69) is 22.5 Å². The molecule has 0 saturated heterocycles. The fourth-order valence-corrected chi connectivity index (χ4v) is 2.49. The van der Waals surface area contributed by atoms with Crippen LogP contribution in [0.5, 0.6) is 5.75 Å². The van der Waals surface area contributed by atoms with Gasteiger partial charge < -0.3 is 15.4 Å². The van der Waals surface area contributed by atoms with Gasteiger partial charge in [0.25, 0.3) is 5.91 Å². The molecule has 132 valence electrons. The lowest BCUT2D eigenvalue weighted by atomic mass is 10.1. The lowest BCUT2D eigenvalue weighted by molar-refractivity contribution is 0.102. The van der Waals surface area contributed by atoms with Gasteiger partial charge >= 0.3 is 0 Å². The Labute approximate surface area is 153 Å². The van der Waals surface area contributed by atoms with E-state index in [0.717, 1.165) is 29.2 Å². The van der Waals surface area contributed by atoms with Gasteiger partial charge in [0.2, 0.25) is 0 Å². The van der Waals surface area contributed by atoms with Crippen LogP contribution < -0.4 is 15.4 Å². The van der Waals surface area contributed by atoms with Gasteiger partial charge in [0.1, 0.15) is 11.4 Å². The molecule has 0 radical (unpaired) electrons. The first-order valence-corrected chi connectivity index (χ1v) is 8.45. The van der Waals surface area contributed by atoms with Gasteiger partial charge in [-0.25, -0.2) is 0 Å². The molecule has 0 unspecified atom stereocenters. The number of benzene rings is 2. The second-order valence-corrected chi connectivity index (χ2v) is 5.79. The van der Waals surface area contributed by atoms with E-state index >= 15 is 0 Å². The van der Waals surface area contributed by atoms with Crippen LogP contribution >= 0.6 is 0 Å². The number of hydrogen-bond donors (Lipinski definition) is 2. The molecule has 0 aliphatic rings. The minimum atomic E-state index is -0.243. The van der Waals surface area contributed by atoms with Crippen molar-refractivity contribution < 1.29 is 9.53 Å². The first kappa shape index (κ1) is 17.5. The normalized spacial score (nSPS) is 10.2. The molecule has 1 amide bonds. The number of nitrogens with zero attached hydrogens (tertiary/aromatic N) is 1. The van der Waals surface area contributed by atoms with Crippen LogP contribution in [0.15, 0.2) is 66.9 Å². The summed E-state index contributed by atoms with van der Waals surface area (Å²) in [4.78, 5) is 16.6. The van der Waals surface area contributed by atoms with Crippen molar-refractivity contribution >= 4 is 23.0 Å². The van der Waals surface area contributed by atoms with E-state index in [1.54, 1.807) is 19.4 Å². The molecule has 0 saturated carbocycles. The van der Waals surface area contributed by atoms with Gasteiger partial charge in [0.15, 0.2) is 0 Å². The molecule has 0 aliphatic carbocycles. The van der Waals surface area contributed by atoms with Crippen LogP contribution in [0.2, 0.25) is 0 Å². The maximum atomic E-state index is 12.4. The molecule has 2 aromatic carbocycles. The zero-order valence-electron chi connectivity index (χ0n) is 14.8. The van der Waals surface area contributed by atoms with Crippen LogP contribution in [0.1, 0.15) is 23.0 Å². The Hall–Kier alpha value is -3.34. The molecular formula is C21H21N3O2. The van der Waals surface area contributed by atoms with Crippen molar-refractivity contribution in [3.8, 4) is 5.75 Å². The average Bonchev–Trinajstić information content (AvgIpc) is 2.69. The van der Waals surface area contributed by atoms with Gasteiger partial charge in [-0.15, -0.1) is 0 Å². The van der Waals surface area contributed by atoms with Gasteiger partial charge in [-0.3, -0.25) is 9.78 Å². The minimum absolute atomic E-state index is 0.243. The number of pyridine rings is 1. The fourth-order valence-electron chi connectivity index (χ4n) is 2.49. The zero-order valence-corrected chi connectivity index (χ0v) is 14.8. The number of amides is 1. The van der Waals surface area contributed by atoms with Crippen molar-refractivity contribution in [3.63, 3.8) is 0 Å². The summed E-state index contributed by atoms with van der Waals surface area (Å²) in [6.45, 7) is 2.10. The summed E-state index contributed by atoms with van der Waals surface area (Å²) in [5.41, 5.74) is 4.02. The summed E-state index contributed by atoms with van der Waals surface area (Å²) in [5, 5.41) is 6.12. The highest BCUT2D eigenvalue weighted by molar-refractivity contribution is 6.03. The highest BCUT2D eigenvalue weighted by Gasteiger charge is 2.09. The number of hydrogen-bond acceptors (Lipinski definition) is 4. The van der Waals surface area contributed by atoms with Crippen molar-refractivity contribution in [1.29, 1.82) is 0 Å². The van der Waals surface area contributed by atoms with Crippen molar-refractivity contribution in [2.24, 2.45) is 0 Å². The number of anilines is 3. The Balaban J connectivity index is 1.69. The third-order valence-corrected chi connectivity index (χ3v) is 3.99. The molecule has 0 aliphatic heterocycles. The standard InChI is InChI=1S/C21H21N3O2/c1-3-15-4-6-17(7-5-15)24-21(25)20-14-18(12-13-22-20)23-16-8-10-19(26-2)11-9-16/h4-14H,3H2,1-2H3,(H,22,23)(H,24,25). The zero-order chi connectivity index (χ0) is 18.4. The van der Waals surface area contributed by atoms with Crippen LogP contribution in [0.25, 0.3) is 0 Å². The predicted octanol–water partition coefficient (Wildman–Crippen LogP) is 4.65. The lowest BCUT2D eigenvalue weighted by Gasteiger charge is -2.09. The van der Waals surface area contributed by atoms with E-state index in [1.807, 2.05) is 54.6 Å². The van der Waals surface area contributed by atoms with Gasteiger partial charge in [-0.2, -0.15) is 0 Å². The maximum Gasteiger partial charge on any atom is 0.274 e. The number of aromatic nitrogens is 1. The van der Waals surface area contributed by atoms with Crippen molar-refractivity contribution in [2.75, 3.05) is 17.7 Å². The van der Waals surface area contributed by atoms with Crippen molar-refractivity contribution in [2.45, 2.75) is 13.3 Å². The molecular weight excluding hydrogens is 326 g/mol. The summed E-state index contributed by atoms with van der Waals surface area (Å²) < 4.78 is 5.15. The Kier molecular flexibility index (Phi) is 5.49. The smallest absolute Gasteiger partial charge is 0.274 e. The monoisotopic (exact) mass is 347 g/mol. The predicted molar refractivity (Wildman–Crippen MR) is 104 cm³/mol. The van der Waals surface area contributed by atoms with Crippen molar-refractivity contribution in [3.05, 3.63) is 78.1 Å². The second-order valence-electron chi connectivity index (χ2n) is 5.79. The quantitative estimate of drug-likeness (QED) is 0.681. The Bertz CT molecular complexity index is 875. The first-order chi connectivity index (χ1) is 12.7. The van der Waals surface area contributed by atoms with E-state index < -0.39 is 0 Å². The first-order valence-electron chi connectivity index (χ1n) is 8.45. The van der Waals surface area contributed by atoms with Crippen LogP contribution in [0, 0.1) is 0 Å². The number of carbonyl (C=O) groups excluding carboxylic acids is 1. The third-order valence-electron chi connectivity index (χ3n) is 3.99. The van der Waals surface area contributed by atoms with Gasteiger partial charge in [0, 0.05) is 23.3 Å². The summed E-state index contributed by atoms with van der Waals surface area (Å²) in [6.07, 6.45) is 2.58. The average molecular weight is 347 g/mol. The minimum Gasteiger partial charge on any atom is -0.497 e. The van der Waals surface area contributed by atoms with Gasteiger partial charge in [-0.05, 0) is 60.5 Å². The maximum absolute atomic E-state index is 12.4. The lowest BCUT2D eigenvalue weighted by Crippen LogP contribution is -2.13. The fraction of sp³-hybridized carbons (Fsp3) is 0.143. The molecule has 5 heteroatoms. The Morgan fingerprint density at radius 3 is 2.31 bits per heavy atom. The molecule has 2 N–H and O–H groups in total. The number of nitrogens with one attached hydrogen (secondary N) is 2. The second kappa shape index (κ2) is 8.16. The largest absolute Gasteiger partial charge is 0.497 e. The summed E-state index contributed by atoms with van der Waals surface area (Å²) >= 11 is 0. The Morgan fingerprint density at radius 2 is 1.65 bits per heavy atom. The molecule has 26 heavy (non-hydrogen) atoms. The highest BCUT2D eigenvalue weighted by atomic mass is 16.5. The molecule has 0 atom stereocenters. The summed E-state index contributed by atoms with van der Waals surface area (Å²) in [7, 11) is 1.63. The molecule has 3 aromatic rings. The van der Waals surface area contributed by atoms with Crippen LogP contribution in [0.3, 0.4) is 0 Å². The number of ether oxygens (including phenoxy) is 1. The molecule has 3 rings (SSSR count). The summed E-state index contributed by atoms with van der Waals surface area (Å²) in [6, 6.07) is 18.9. The highest BCUT2D eigenvalue weighted by Crippen LogP contribution is 2.20. The van der Waals surface area contributed by atoms with Crippen molar-refractivity contribution in [1.82, 2.24) is 4.98 Å². The number of rotatable bonds is 6. The Morgan fingerprint density at radius 1 is 0.962 bits per heavy atom. The van der Waals surface area contributed by atoms with Crippen LogP contribution in [0.4, 0.5) is 17.1 Å². The summed E-state index contributed by atoms with van der Waals surface area (Å²) in [5.74, 6) is 0.548. The SMILES string of the molecule is CCc1ccc(NC(=O)c2cc(Nc3ccc(OC)cc3)ccn2)cc1. The molecule has 1 heterocycles.